The number of aromatic hydroxyl groups is 1. The Kier molecular flexibility index (Phi) is 7.17. The summed E-state index contributed by atoms with van der Waals surface area (Å²) >= 11 is 0. The van der Waals surface area contributed by atoms with Gasteiger partial charge in [-0.3, -0.25) is 9.69 Å². The first-order valence-corrected chi connectivity index (χ1v) is 14.3. The summed E-state index contributed by atoms with van der Waals surface area (Å²) in [4.78, 5) is 14.9. The van der Waals surface area contributed by atoms with Crippen LogP contribution in [0.3, 0.4) is 0 Å². The van der Waals surface area contributed by atoms with E-state index < -0.39 is 18.1 Å². The number of nitrogens with zero attached hydrogens (tertiary/aromatic N) is 2. The van der Waals surface area contributed by atoms with Gasteiger partial charge < -0.3 is 40.4 Å². The fraction of sp³-hybridized carbons (Fsp3) is 0.484. The summed E-state index contributed by atoms with van der Waals surface area (Å²) in [6.45, 7) is 9.85. The molecule has 1 fully saturated rings. The number of carbonyl (C=O) groups excluding carboxylic acids is 1. The number of carbonyl (C=O) groups is 1. The fourth-order valence-corrected chi connectivity index (χ4v) is 7.31. The zero-order chi connectivity index (χ0) is 29.9. The predicted octanol–water partition coefficient (Wildman–Crippen LogP) is 2.20. The number of nitriles is 1. The number of fused-ring (bicyclic) bond motifs is 9. The number of aryl methyl sites for hydroxylation is 1. The van der Waals surface area contributed by atoms with E-state index >= 15 is 0 Å². The summed E-state index contributed by atoms with van der Waals surface area (Å²) in [5, 5.41) is 28.8. The average molecular weight is 576 g/mol. The molecule has 2 aromatic carbocycles. The predicted molar refractivity (Wildman–Crippen MR) is 154 cm³/mol. The van der Waals surface area contributed by atoms with Crippen LogP contribution in [-0.2, 0) is 17.6 Å². The van der Waals surface area contributed by atoms with Gasteiger partial charge in [0.1, 0.15) is 18.4 Å². The first-order valence-electron chi connectivity index (χ1n) is 14.3. The maximum absolute atomic E-state index is 12.7. The number of hydrogen-bond acceptors (Lipinski definition) is 10. The van der Waals surface area contributed by atoms with E-state index in [2.05, 4.69) is 34.2 Å². The minimum absolute atomic E-state index is 0.0603. The molecule has 0 spiro atoms. The molecule has 0 radical (unpaired) electrons. The maximum Gasteiger partial charge on any atom is 0.236 e. The van der Waals surface area contributed by atoms with Crippen LogP contribution in [0.25, 0.3) is 0 Å². The van der Waals surface area contributed by atoms with Crippen molar-refractivity contribution in [1.29, 1.82) is 5.26 Å². The standard InChI is InChI=1S/C31H37N5O6/c1-6-7-40-28-15(3)29-30(42-13-41-29)24-18(28)10-20-25-23-17(8-14(2)27(39-5)26(23)37)9-19(35-25)21(11-32)36(20)22(24)12-34-31(38)16(4)33/h6,8,16,19-22,25,35,37H,1,7,9-10,12-13,33H2,2-5H3,(H,34,38)/t16-,19-,20?,21-,22-,25-/m0/s1. The average Bonchev–Trinajstić information content (AvgIpc) is 3.46. The normalized spacial score (nSPS) is 25.8. The molecule has 11 heteroatoms. The largest absolute Gasteiger partial charge is 0.504 e. The van der Waals surface area contributed by atoms with Crippen molar-refractivity contribution in [3.05, 3.63) is 52.1 Å². The molecule has 11 nitrogen and oxygen atoms in total. The van der Waals surface area contributed by atoms with Gasteiger partial charge in [0.05, 0.1) is 31.3 Å². The zero-order valence-corrected chi connectivity index (χ0v) is 24.3. The SMILES string of the molecule is C=CCOc1c(C)c2c(c3c1CC1[C@@H]4N[C@@H](Cc5cc(C)c(OC)c(O)c54)[C@H](C#N)N1[C@H]3CNC(=O)[C@H](C)N)OCO2. The quantitative estimate of drug-likeness (QED) is 0.362. The van der Waals surface area contributed by atoms with Gasteiger partial charge >= 0.3 is 0 Å². The van der Waals surface area contributed by atoms with Gasteiger partial charge in [0, 0.05) is 40.9 Å². The Morgan fingerprint density at radius 2 is 2.10 bits per heavy atom. The highest BCUT2D eigenvalue weighted by molar-refractivity contribution is 5.81. The molecule has 4 aliphatic heterocycles. The van der Waals surface area contributed by atoms with Crippen molar-refractivity contribution in [1.82, 2.24) is 15.5 Å². The minimum atomic E-state index is -0.702. The number of phenolic OH excluding ortho intramolecular Hbond substituents is 1. The van der Waals surface area contributed by atoms with E-state index in [-0.39, 0.29) is 49.7 Å². The van der Waals surface area contributed by atoms with Crippen molar-refractivity contribution in [3.8, 4) is 34.8 Å². The van der Waals surface area contributed by atoms with E-state index in [0.717, 1.165) is 33.4 Å². The monoisotopic (exact) mass is 575 g/mol. The minimum Gasteiger partial charge on any atom is -0.504 e. The van der Waals surface area contributed by atoms with E-state index in [9.17, 15) is 15.2 Å². The summed E-state index contributed by atoms with van der Waals surface area (Å²) in [5.41, 5.74) is 11.1. The molecule has 0 saturated carbocycles. The van der Waals surface area contributed by atoms with Crippen molar-refractivity contribution in [3.63, 3.8) is 0 Å². The number of rotatable bonds is 7. The number of benzene rings is 2. The topological polar surface area (TPSA) is 151 Å². The summed E-state index contributed by atoms with van der Waals surface area (Å²) < 4.78 is 23.8. The van der Waals surface area contributed by atoms with Crippen LogP contribution in [0.5, 0.6) is 28.7 Å². The summed E-state index contributed by atoms with van der Waals surface area (Å²) in [6.07, 6.45) is 2.74. The summed E-state index contributed by atoms with van der Waals surface area (Å²) in [7, 11) is 1.55. The van der Waals surface area contributed by atoms with Crippen molar-refractivity contribution < 1.29 is 28.8 Å². The first-order chi connectivity index (χ1) is 20.2. The number of nitrogens with one attached hydrogen (secondary N) is 2. The lowest BCUT2D eigenvalue weighted by atomic mass is 9.72. The second-order valence-electron chi connectivity index (χ2n) is 11.5. The molecule has 222 valence electrons. The van der Waals surface area contributed by atoms with Crippen molar-refractivity contribution in [2.24, 2.45) is 5.73 Å². The third-order valence-electron chi connectivity index (χ3n) is 8.99. The highest BCUT2D eigenvalue weighted by Gasteiger charge is 2.54. The van der Waals surface area contributed by atoms with Gasteiger partial charge in [-0.25, -0.2) is 0 Å². The Hall–Kier alpha value is -3.98. The smallest absolute Gasteiger partial charge is 0.236 e. The third kappa shape index (κ3) is 4.16. The van der Waals surface area contributed by atoms with E-state index in [1.807, 2.05) is 13.8 Å². The van der Waals surface area contributed by atoms with Crippen molar-refractivity contribution >= 4 is 5.91 Å². The Morgan fingerprint density at radius 1 is 1.33 bits per heavy atom. The van der Waals surface area contributed by atoms with Crippen LogP contribution in [-0.4, -0.2) is 67.1 Å². The number of amides is 1. The highest BCUT2D eigenvalue weighted by Crippen LogP contribution is 2.56. The number of ether oxygens (including phenoxy) is 4. The van der Waals surface area contributed by atoms with Crippen LogP contribution in [0.15, 0.2) is 18.7 Å². The Labute approximate surface area is 245 Å². The van der Waals surface area contributed by atoms with Gasteiger partial charge in [0.25, 0.3) is 0 Å². The number of phenols is 1. The molecule has 1 unspecified atom stereocenters. The van der Waals surface area contributed by atoms with E-state index in [4.69, 9.17) is 24.7 Å². The molecule has 2 bridgehead atoms. The number of hydrogen-bond donors (Lipinski definition) is 4. The molecule has 0 aliphatic carbocycles. The molecule has 0 aromatic heterocycles. The number of nitrogens with two attached hydrogens (primary N) is 1. The summed E-state index contributed by atoms with van der Waals surface area (Å²) in [5.74, 6) is 2.13. The second kappa shape index (κ2) is 10.7. The Bertz CT molecular complexity index is 1500. The zero-order valence-electron chi connectivity index (χ0n) is 24.3. The lowest BCUT2D eigenvalue weighted by molar-refractivity contribution is -0.122. The summed E-state index contributed by atoms with van der Waals surface area (Å²) in [6, 6.07) is 2.10. The van der Waals surface area contributed by atoms with Crippen LogP contribution in [0.1, 0.15) is 52.4 Å². The van der Waals surface area contributed by atoms with E-state index in [1.165, 1.54) is 0 Å². The van der Waals surface area contributed by atoms with Gasteiger partial charge in [-0.15, -0.1) is 0 Å². The second-order valence-corrected chi connectivity index (χ2v) is 11.5. The molecule has 6 rings (SSSR count). The van der Waals surface area contributed by atoms with E-state index in [0.29, 0.717) is 35.8 Å². The van der Waals surface area contributed by atoms with E-state index in [1.54, 1.807) is 20.1 Å². The number of piperazine rings is 1. The molecule has 4 aliphatic rings. The van der Waals surface area contributed by atoms with Gasteiger partial charge in [0.15, 0.2) is 23.0 Å². The van der Waals surface area contributed by atoms with Gasteiger partial charge in [0.2, 0.25) is 12.7 Å². The molecule has 42 heavy (non-hydrogen) atoms. The van der Waals surface area contributed by atoms with Crippen LogP contribution in [0.4, 0.5) is 0 Å². The lowest BCUT2D eigenvalue weighted by Crippen LogP contribution is -2.68. The third-order valence-corrected chi connectivity index (χ3v) is 8.99. The van der Waals surface area contributed by atoms with Gasteiger partial charge in [-0.05, 0) is 44.7 Å². The molecule has 1 amide bonds. The maximum atomic E-state index is 12.7. The van der Waals surface area contributed by atoms with Crippen molar-refractivity contribution in [2.75, 3.05) is 27.1 Å². The van der Waals surface area contributed by atoms with Gasteiger partial charge in [-0.2, -0.15) is 5.26 Å². The van der Waals surface area contributed by atoms with Crippen molar-refractivity contribution in [2.45, 2.75) is 69.9 Å². The van der Waals surface area contributed by atoms with Crippen LogP contribution in [0, 0.1) is 25.2 Å². The lowest BCUT2D eigenvalue weighted by Gasteiger charge is -2.56. The molecule has 1 saturated heterocycles. The van der Waals surface area contributed by atoms with Gasteiger partial charge in [-0.1, -0.05) is 18.7 Å². The Morgan fingerprint density at radius 3 is 2.79 bits per heavy atom. The Balaban J connectivity index is 1.57. The van der Waals surface area contributed by atoms with Crippen LogP contribution < -0.4 is 35.3 Å². The molecule has 5 N–H and O–H groups in total. The van der Waals surface area contributed by atoms with Crippen LogP contribution >= 0.6 is 0 Å². The molecular weight excluding hydrogens is 538 g/mol. The number of methoxy groups -OCH3 is 1. The molecule has 2 aromatic rings. The molecular formula is C31H37N5O6. The highest BCUT2D eigenvalue weighted by atomic mass is 16.7. The van der Waals surface area contributed by atoms with Crippen LogP contribution in [0.2, 0.25) is 0 Å². The fourth-order valence-electron chi connectivity index (χ4n) is 7.31. The first kappa shape index (κ1) is 28.2. The molecule has 4 heterocycles. The molecule has 6 atom stereocenters.